The molecule has 2 amide bonds. The Morgan fingerprint density at radius 3 is 1.88 bits per heavy atom. The molecule has 3 aromatic carbocycles. The lowest BCUT2D eigenvalue weighted by Crippen LogP contribution is -2.33. The van der Waals surface area contributed by atoms with Crippen molar-refractivity contribution < 1.29 is 9.59 Å². The Hall–Kier alpha value is -3.44. The summed E-state index contributed by atoms with van der Waals surface area (Å²) in [5, 5.41) is 6.00. The van der Waals surface area contributed by atoms with E-state index in [9.17, 15) is 9.59 Å². The van der Waals surface area contributed by atoms with Crippen LogP contribution in [0.15, 0.2) is 78.9 Å². The highest BCUT2D eigenvalue weighted by molar-refractivity contribution is 5.95. The van der Waals surface area contributed by atoms with Crippen molar-refractivity contribution in [3.05, 3.63) is 95.6 Å². The van der Waals surface area contributed by atoms with Gasteiger partial charge in [-0.1, -0.05) is 74.5 Å². The lowest BCUT2D eigenvalue weighted by molar-refractivity contribution is -0.117. The van der Waals surface area contributed by atoms with Crippen LogP contribution in [-0.4, -0.2) is 36.3 Å². The van der Waals surface area contributed by atoms with Gasteiger partial charge in [0.2, 0.25) is 11.8 Å². The van der Waals surface area contributed by atoms with Crippen molar-refractivity contribution in [3.8, 4) is 0 Å². The molecule has 0 heterocycles. The third-order valence-electron chi connectivity index (χ3n) is 5.84. The topological polar surface area (TPSA) is 61.4 Å². The number of carbonyl (C=O) groups excluding carboxylic acids is 2. The van der Waals surface area contributed by atoms with Gasteiger partial charge in [0.05, 0.1) is 6.54 Å². The largest absolute Gasteiger partial charge is 0.326 e. The van der Waals surface area contributed by atoms with Gasteiger partial charge in [0.25, 0.3) is 0 Å². The molecule has 3 aromatic rings. The van der Waals surface area contributed by atoms with Crippen LogP contribution in [0.4, 0.5) is 11.4 Å². The van der Waals surface area contributed by atoms with E-state index in [0.29, 0.717) is 13.0 Å². The SMILES string of the molecule is CCN(CC)CC(=O)Nc1ccc(NC(=O)CC(c2ccccc2)c2ccccc2)cc1C. The van der Waals surface area contributed by atoms with E-state index in [0.717, 1.165) is 41.2 Å². The molecule has 3 rings (SSSR count). The summed E-state index contributed by atoms with van der Waals surface area (Å²) >= 11 is 0. The van der Waals surface area contributed by atoms with Gasteiger partial charge in [0, 0.05) is 23.7 Å². The molecule has 0 saturated carbocycles. The van der Waals surface area contributed by atoms with Crippen molar-refractivity contribution in [2.24, 2.45) is 0 Å². The van der Waals surface area contributed by atoms with Gasteiger partial charge in [-0.15, -0.1) is 0 Å². The number of nitrogens with zero attached hydrogens (tertiary/aromatic N) is 1. The van der Waals surface area contributed by atoms with Gasteiger partial charge in [-0.3, -0.25) is 14.5 Å². The highest BCUT2D eigenvalue weighted by Gasteiger charge is 2.18. The minimum atomic E-state index is -0.0505. The summed E-state index contributed by atoms with van der Waals surface area (Å²) in [4.78, 5) is 27.3. The first kappa shape index (κ1) is 24.2. The predicted octanol–water partition coefficient (Wildman–Crippen LogP) is 5.44. The molecule has 0 spiro atoms. The van der Waals surface area contributed by atoms with Gasteiger partial charge in [0.1, 0.15) is 0 Å². The number of likely N-dealkylation sites (N-methyl/N-ethyl adjacent to an activating group) is 1. The summed E-state index contributed by atoms with van der Waals surface area (Å²) in [6, 6.07) is 25.8. The number of carbonyl (C=O) groups is 2. The first-order chi connectivity index (χ1) is 16.0. The molecular formula is C28H33N3O2. The zero-order chi connectivity index (χ0) is 23.6. The van der Waals surface area contributed by atoms with E-state index in [1.807, 2.05) is 75.4 Å². The quantitative estimate of drug-likeness (QED) is 0.439. The Kier molecular flexibility index (Phi) is 8.79. The van der Waals surface area contributed by atoms with Crippen LogP contribution in [0.2, 0.25) is 0 Å². The van der Waals surface area contributed by atoms with Crippen LogP contribution in [0.5, 0.6) is 0 Å². The molecule has 172 valence electrons. The maximum absolute atomic E-state index is 12.9. The molecule has 0 aliphatic carbocycles. The molecule has 0 fully saturated rings. The Morgan fingerprint density at radius 2 is 1.36 bits per heavy atom. The van der Waals surface area contributed by atoms with E-state index in [-0.39, 0.29) is 17.7 Å². The maximum Gasteiger partial charge on any atom is 0.238 e. The summed E-state index contributed by atoms with van der Waals surface area (Å²) in [6.45, 7) is 8.05. The molecule has 0 aliphatic rings. The number of aryl methyl sites for hydroxylation is 1. The van der Waals surface area contributed by atoms with Crippen LogP contribution in [0, 0.1) is 6.92 Å². The first-order valence-corrected chi connectivity index (χ1v) is 11.5. The van der Waals surface area contributed by atoms with Crippen molar-refractivity contribution >= 4 is 23.2 Å². The standard InChI is InChI=1S/C28H33N3O2/c1-4-31(5-2)20-28(33)30-26-17-16-24(18-21(26)3)29-27(32)19-25(22-12-8-6-9-13-22)23-14-10-7-11-15-23/h6-18,25H,4-5,19-20H2,1-3H3,(H,29,32)(H,30,33). The molecule has 0 bridgehead atoms. The molecular weight excluding hydrogens is 410 g/mol. The molecule has 33 heavy (non-hydrogen) atoms. The highest BCUT2D eigenvalue weighted by Crippen LogP contribution is 2.28. The minimum Gasteiger partial charge on any atom is -0.326 e. The normalized spacial score (nSPS) is 10.9. The van der Waals surface area contributed by atoms with Crippen molar-refractivity contribution in [1.82, 2.24) is 4.90 Å². The third kappa shape index (κ3) is 7.02. The smallest absolute Gasteiger partial charge is 0.238 e. The van der Waals surface area contributed by atoms with Gasteiger partial charge < -0.3 is 10.6 Å². The van der Waals surface area contributed by atoms with E-state index in [2.05, 4.69) is 39.8 Å². The second kappa shape index (κ2) is 12.0. The number of hydrogen-bond donors (Lipinski definition) is 2. The second-order valence-electron chi connectivity index (χ2n) is 8.17. The van der Waals surface area contributed by atoms with E-state index >= 15 is 0 Å². The van der Waals surface area contributed by atoms with E-state index < -0.39 is 0 Å². The third-order valence-corrected chi connectivity index (χ3v) is 5.84. The highest BCUT2D eigenvalue weighted by atomic mass is 16.2. The van der Waals surface area contributed by atoms with Gasteiger partial charge >= 0.3 is 0 Å². The maximum atomic E-state index is 12.9. The Labute approximate surface area is 196 Å². The lowest BCUT2D eigenvalue weighted by Gasteiger charge is -2.19. The van der Waals surface area contributed by atoms with Gasteiger partial charge in [-0.05, 0) is 54.9 Å². The summed E-state index contributed by atoms with van der Waals surface area (Å²) in [5.41, 5.74) is 4.61. The molecule has 0 aliphatic heterocycles. The summed E-state index contributed by atoms with van der Waals surface area (Å²) in [7, 11) is 0. The Morgan fingerprint density at radius 1 is 0.788 bits per heavy atom. The number of nitrogens with one attached hydrogen (secondary N) is 2. The predicted molar refractivity (Wildman–Crippen MR) is 136 cm³/mol. The summed E-state index contributed by atoms with van der Waals surface area (Å²) < 4.78 is 0. The average Bonchev–Trinajstić information content (AvgIpc) is 2.84. The van der Waals surface area contributed by atoms with Crippen LogP contribution in [0.25, 0.3) is 0 Å². The van der Waals surface area contributed by atoms with E-state index in [1.165, 1.54) is 0 Å². The van der Waals surface area contributed by atoms with Gasteiger partial charge in [-0.25, -0.2) is 0 Å². The number of amides is 2. The van der Waals surface area contributed by atoms with Crippen LogP contribution >= 0.6 is 0 Å². The zero-order valence-corrected chi connectivity index (χ0v) is 19.7. The molecule has 0 saturated heterocycles. The van der Waals surface area contributed by atoms with Crippen LogP contribution in [-0.2, 0) is 9.59 Å². The number of hydrogen-bond acceptors (Lipinski definition) is 3. The molecule has 5 heteroatoms. The average molecular weight is 444 g/mol. The fourth-order valence-electron chi connectivity index (χ4n) is 3.92. The second-order valence-corrected chi connectivity index (χ2v) is 8.17. The molecule has 2 N–H and O–H groups in total. The first-order valence-electron chi connectivity index (χ1n) is 11.5. The van der Waals surface area contributed by atoms with Crippen molar-refractivity contribution in [2.75, 3.05) is 30.3 Å². The fraction of sp³-hybridized carbons (Fsp3) is 0.286. The minimum absolute atomic E-state index is 0.0212. The molecule has 0 atom stereocenters. The van der Waals surface area contributed by atoms with Gasteiger partial charge in [-0.2, -0.15) is 0 Å². The van der Waals surface area contributed by atoms with Gasteiger partial charge in [0.15, 0.2) is 0 Å². The number of anilines is 2. The van der Waals surface area contributed by atoms with Crippen molar-refractivity contribution in [3.63, 3.8) is 0 Å². The van der Waals surface area contributed by atoms with E-state index in [1.54, 1.807) is 0 Å². The molecule has 5 nitrogen and oxygen atoms in total. The van der Waals surface area contributed by atoms with Crippen LogP contribution in [0.1, 0.15) is 42.9 Å². The van der Waals surface area contributed by atoms with E-state index in [4.69, 9.17) is 0 Å². The number of benzene rings is 3. The lowest BCUT2D eigenvalue weighted by atomic mass is 9.88. The van der Waals surface area contributed by atoms with Crippen molar-refractivity contribution in [1.29, 1.82) is 0 Å². The summed E-state index contributed by atoms with van der Waals surface area (Å²) in [6.07, 6.45) is 0.343. The Balaban J connectivity index is 1.67. The molecule has 0 unspecified atom stereocenters. The summed E-state index contributed by atoms with van der Waals surface area (Å²) in [5.74, 6) is -0.107. The van der Waals surface area contributed by atoms with Crippen LogP contribution in [0.3, 0.4) is 0 Å². The molecule has 0 radical (unpaired) electrons. The molecule has 0 aromatic heterocycles. The fourth-order valence-corrected chi connectivity index (χ4v) is 3.92. The van der Waals surface area contributed by atoms with Crippen molar-refractivity contribution in [2.45, 2.75) is 33.1 Å². The number of rotatable bonds is 10. The Bertz CT molecular complexity index is 1010. The monoisotopic (exact) mass is 443 g/mol. The van der Waals surface area contributed by atoms with Crippen LogP contribution < -0.4 is 10.6 Å². The zero-order valence-electron chi connectivity index (χ0n) is 19.7.